The van der Waals surface area contributed by atoms with Crippen LogP contribution in [-0.4, -0.2) is 11.7 Å². The van der Waals surface area contributed by atoms with E-state index < -0.39 is 29.1 Å². The lowest BCUT2D eigenvalue weighted by molar-refractivity contribution is -0.140. The lowest BCUT2D eigenvalue weighted by Crippen LogP contribution is -2.38. The van der Waals surface area contributed by atoms with E-state index in [0.29, 0.717) is 18.9 Å². The number of benzene rings is 1. The molecule has 0 heterocycles. The summed E-state index contributed by atoms with van der Waals surface area (Å²) in [7, 11) is 0. The zero-order valence-electron chi connectivity index (χ0n) is 11.6. The van der Waals surface area contributed by atoms with E-state index in [9.17, 15) is 22.7 Å². The summed E-state index contributed by atoms with van der Waals surface area (Å²) >= 11 is 0. The van der Waals surface area contributed by atoms with Crippen LogP contribution >= 0.6 is 0 Å². The number of halogens is 4. The molecule has 118 valence electrons. The topological polar surface area (TPSA) is 46.2 Å². The Morgan fingerprint density at radius 1 is 1.19 bits per heavy atom. The molecule has 0 amide bonds. The minimum absolute atomic E-state index is 0.0797. The van der Waals surface area contributed by atoms with Gasteiger partial charge in [-0.05, 0) is 30.5 Å². The van der Waals surface area contributed by atoms with Crippen molar-refractivity contribution in [1.82, 2.24) is 0 Å². The van der Waals surface area contributed by atoms with Gasteiger partial charge in [0.05, 0.1) is 11.7 Å². The van der Waals surface area contributed by atoms with Gasteiger partial charge in [0.15, 0.2) is 0 Å². The Hall–Kier alpha value is -1.14. The van der Waals surface area contributed by atoms with Crippen molar-refractivity contribution in [1.29, 1.82) is 0 Å². The molecule has 6 heteroatoms. The van der Waals surface area contributed by atoms with Crippen molar-refractivity contribution in [3.05, 3.63) is 35.1 Å². The lowest BCUT2D eigenvalue weighted by Gasteiger charge is -2.40. The summed E-state index contributed by atoms with van der Waals surface area (Å²) in [4.78, 5) is 0. The van der Waals surface area contributed by atoms with Gasteiger partial charge in [-0.2, -0.15) is 13.2 Å². The molecule has 0 aromatic heterocycles. The van der Waals surface area contributed by atoms with Gasteiger partial charge < -0.3 is 10.8 Å². The molecule has 2 rings (SSSR count). The average molecular weight is 305 g/mol. The highest BCUT2D eigenvalue weighted by atomic mass is 19.4. The van der Waals surface area contributed by atoms with Crippen LogP contribution in [0.4, 0.5) is 17.6 Å². The molecule has 21 heavy (non-hydrogen) atoms. The van der Waals surface area contributed by atoms with Crippen molar-refractivity contribution in [3.8, 4) is 0 Å². The van der Waals surface area contributed by atoms with Crippen molar-refractivity contribution >= 4 is 0 Å². The van der Waals surface area contributed by atoms with Crippen molar-refractivity contribution in [2.24, 2.45) is 11.1 Å². The Labute approximate surface area is 121 Å². The summed E-state index contributed by atoms with van der Waals surface area (Å²) in [6.45, 7) is 0.201. The van der Waals surface area contributed by atoms with Crippen LogP contribution in [0.5, 0.6) is 0 Å². The number of aliphatic hydroxyl groups is 1. The van der Waals surface area contributed by atoms with Crippen LogP contribution in [-0.2, 0) is 6.18 Å². The molecule has 1 aliphatic carbocycles. The molecule has 1 aromatic rings. The van der Waals surface area contributed by atoms with E-state index in [1.165, 1.54) is 6.07 Å². The lowest BCUT2D eigenvalue weighted by atomic mass is 9.68. The molecule has 0 radical (unpaired) electrons. The van der Waals surface area contributed by atoms with Crippen molar-refractivity contribution < 1.29 is 22.7 Å². The summed E-state index contributed by atoms with van der Waals surface area (Å²) in [6.07, 6.45) is -1.73. The highest BCUT2D eigenvalue weighted by molar-refractivity contribution is 5.30. The summed E-state index contributed by atoms with van der Waals surface area (Å²) in [6, 6.07) is 2.67. The van der Waals surface area contributed by atoms with Gasteiger partial charge in [0.2, 0.25) is 0 Å². The fourth-order valence-electron chi connectivity index (χ4n) is 3.13. The van der Waals surface area contributed by atoms with Gasteiger partial charge in [0, 0.05) is 12.0 Å². The van der Waals surface area contributed by atoms with E-state index in [4.69, 9.17) is 5.73 Å². The Bertz CT molecular complexity index is 495. The van der Waals surface area contributed by atoms with Crippen LogP contribution in [0.25, 0.3) is 0 Å². The fourth-order valence-corrected chi connectivity index (χ4v) is 3.13. The van der Waals surface area contributed by atoms with E-state index in [-0.39, 0.29) is 12.1 Å². The Morgan fingerprint density at radius 3 is 2.33 bits per heavy atom. The van der Waals surface area contributed by atoms with E-state index in [2.05, 4.69) is 0 Å². The predicted octanol–water partition coefficient (Wildman–Crippen LogP) is 3.79. The highest BCUT2D eigenvalue weighted by Crippen LogP contribution is 2.46. The monoisotopic (exact) mass is 305 g/mol. The first kappa shape index (κ1) is 16.2. The molecule has 0 aliphatic heterocycles. The maximum absolute atomic E-state index is 13.3. The van der Waals surface area contributed by atoms with Gasteiger partial charge in [-0.1, -0.05) is 25.3 Å². The molecule has 1 atom stereocenters. The zero-order chi connectivity index (χ0) is 15.7. The fraction of sp³-hybridized carbons (Fsp3) is 0.600. The average Bonchev–Trinajstić information content (AvgIpc) is 2.46. The number of nitrogens with two attached hydrogens (primary N) is 1. The van der Waals surface area contributed by atoms with Crippen LogP contribution in [0.1, 0.15) is 49.3 Å². The number of aliphatic hydroxyl groups excluding tert-OH is 1. The number of hydrogen-bond acceptors (Lipinski definition) is 2. The molecule has 1 unspecified atom stereocenters. The maximum atomic E-state index is 13.3. The maximum Gasteiger partial charge on any atom is 0.419 e. The zero-order valence-corrected chi connectivity index (χ0v) is 11.6. The van der Waals surface area contributed by atoms with E-state index in [1.54, 1.807) is 0 Å². The van der Waals surface area contributed by atoms with Gasteiger partial charge in [-0.15, -0.1) is 0 Å². The largest absolute Gasteiger partial charge is 0.419 e. The van der Waals surface area contributed by atoms with Crippen molar-refractivity contribution in [3.63, 3.8) is 0 Å². The van der Waals surface area contributed by atoms with Crippen molar-refractivity contribution in [2.45, 2.75) is 44.4 Å². The second-order valence-electron chi connectivity index (χ2n) is 5.77. The molecule has 3 N–H and O–H groups in total. The minimum Gasteiger partial charge on any atom is -0.388 e. The Balaban J connectivity index is 2.36. The summed E-state index contributed by atoms with van der Waals surface area (Å²) in [5.74, 6) is -1.33. The third kappa shape index (κ3) is 3.21. The van der Waals surface area contributed by atoms with Crippen LogP contribution in [0, 0.1) is 11.2 Å². The Morgan fingerprint density at radius 2 is 1.81 bits per heavy atom. The first-order valence-corrected chi connectivity index (χ1v) is 7.05. The standard InChI is InChI=1S/C15H19F4NO/c16-12-5-4-10(8-11(12)15(17,18)19)13(21)14(9-20)6-2-1-3-7-14/h4-5,8,13,21H,1-3,6-7,9,20H2. The molecule has 1 aliphatic rings. The SMILES string of the molecule is NCC1(C(O)c2ccc(F)c(C(F)(F)F)c2)CCCCC1. The normalized spacial score (nSPS) is 20.3. The second-order valence-corrected chi connectivity index (χ2v) is 5.77. The first-order chi connectivity index (χ1) is 9.80. The smallest absolute Gasteiger partial charge is 0.388 e. The number of alkyl halides is 3. The van der Waals surface area contributed by atoms with Gasteiger partial charge >= 0.3 is 6.18 Å². The molecule has 1 aromatic carbocycles. The van der Waals surface area contributed by atoms with Crippen LogP contribution < -0.4 is 5.73 Å². The summed E-state index contributed by atoms with van der Waals surface area (Å²) in [5.41, 5.74) is 3.90. The molecular weight excluding hydrogens is 286 g/mol. The van der Waals surface area contributed by atoms with Gasteiger partial charge in [-0.3, -0.25) is 0 Å². The molecule has 0 bridgehead atoms. The van der Waals surface area contributed by atoms with Gasteiger partial charge in [-0.25, -0.2) is 4.39 Å². The van der Waals surface area contributed by atoms with E-state index in [0.717, 1.165) is 25.3 Å². The minimum atomic E-state index is -4.78. The third-order valence-electron chi connectivity index (χ3n) is 4.45. The van der Waals surface area contributed by atoms with E-state index >= 15 is 0 Å². The van der Waals surface area contributed by atoms with Gasteiger partial charge in [0.25, 0.3) is 0 Å². The quantitative estimate of drug-likeness (QED) is 0.835. The molecular formula is C15H19F4NO. The van der Waals surface area contributed by atoms with E-state index in [1.807, 2.05) is 0 Å². The summed E-state index contributed by atoms with van der Waals surface area (Å²) in [5, 5.41) is 10.5. The van der Waals surface area contributed by atoms with Crippen LogP contribution in [0.2, 0.25) is 0 Å². The molecule has 0 saturated heterocycles. The predicted molar refractivity (Wildman–Crippen MR) is 70.9 cm³/mol. The number of hydrogen-bond donors (Lipinski definition) is 2. The highest BCUT2D eigenvalue weighted by Gasteiger charge is 2.40. The van der Waals surface area contributed by atoms with Gasteiger partial charge in [0.1, 0.15) is 5.82 Å². The van der Waals surface area contributed by atoms with Crippen LogP contribution in [0.3, 0.4) is 0 Å². The molecule has 0 spiro atoms. The molecule has 2 nitrogen and oxygen atoms in total. The first-order valence-electron chi connectivity index (χ1n) is 7.05. The Kier molecular flexibility index (Phi) is 4.58. The third-order valence-corrected chi connectivity index (χ3v) is 4.45. The summed E-state index contributed by atoms with van der Waals surface area (Å²) < 4.78 is 51.6. The second kappa shape index (κ2) is 5.93. The van der Waals surface area contributed by atoms with Crippen molar-refractivity contribution in [2.75, 3.05) is 6.54 Å². The van der Waals surface area contributed by atoms with Crippen LogP contribution in [0.15, 0.2) is 18.2 Å². The molecule has 1 saturated carbocycles. The molecule has 1 fully saturated rings. The number of rotatable bonds is 3.